The van der Waals surface area contributed by atoms with Crippen LogP contribution in [0.3, 0.4) is 0 Å². The molecular weight excluding hydrogens is 295 g/mol. The molecule has 5 nitrogen and oxygen atoms in total. The molecule has 15 heavy (non-hydrogen) atoms. The first-order valence-corrected chi connectivity index (χ1v) is 4.70. The molecule has 0 amide bonds. The summed E-state index contributed by atoms with van der Waals surface area (Å²) in [6, 6.07) is 0. The van der Waals surface area contributed by atoms with E-state index in [-0.39, 0.29) is 28.3 Å². The Kier molecular flexibility index (Phi) is 19.4. The largest absolute Gasteiger partial charge is 1.00 e. The zero-order valence-electron chi connectivity index (χ0n) is 8.94. The number of rotatable bonds is 5. The Hall–Kier alpha value is 0.155. The summed E-state index contributed by atoms with van der Waals surface area (Å²) in [5, 5.41) is 31.3. The van der Waals surface area contributed by atoms with E-state index in [0.29, 0.717) is 0 Å². The maximum Gasteiger partial charge on any atom is 1.00 e. The number of hydrogen-bond acceptors (Lipinski definition) is 4. The molecule has 0 aromatic rings. The summed E-state index contributed by atoms with van der Waals surface area (Å²) < 4.78 is 0. The zero-order chi connectivity index (χ0) is 11.6. The van der Waals surface area contributed by atoms with Crippen LogP contribution in [0.2, 0.25) is 0 Å². The number of carboxylic acid groups (broad SMARTS) is 1. The van der Waals surface area contributed by atoms with Crippen LogP contribution in [-0.4, -0.2) is 28.4 Å². The van der Waals surface area contributed by atoms with Gasteiger partial charge in [-0.15, -0.1) is 0 Å². The van der Waals surface area contributed by atoms with Crippen molar-refractivity contribution in [3.8, 4) is 0 Å². The van der Waals surface area contributed by atoms with Gasteiger partial charge in [0.25, 0.3) is 0 Å². The molecule has 0 aromatic carbocycles. The van der Waals surface area contributed by atoms with E-state index in [1.807, 2.05) is 6.92 Å². The SMILES string of the molecule is CCCCC(CC)C(=O)O.[Ag+].[O-]B(O)O. The van der Waals surface area contributed by atoms with Gasteiger partial charge in [-0.05, 0) is 12.8 Å². The first-order chi connectivity index (χ1) is 6.45. The van der Waals surface area contributed by atoms with Gasteiger partial charge in [-0.2, -0.15) is 0 Å². The fourth-order valence-corrected chi connectivity index (χ4v) is 0.953. The molecule has 0 spiro atoms. The molecule has 7 heteroatoms. The Morgan fingerprint density at radius 3 is 2.00 bits per heavy atom. The molecule has 0 saturated heterocycles. The van der Waals surface area contributed by atoms with E-state index in [4.69, 9.17) is 20.2 Å². The maximum absolute atomic E-state index is 10.4. The molecule has 0 aliphatic carbocycles. The molecule has 0 fully saturated rings. The van der Waals surface area contributed by atoms with Crippen molar-refractivity contribution in [1.29, 1.82) is 0 Å². The van der Waals surface area contributed by atoms with Gasteiger partial charge in [0.15, 0.2) is 0 Å². The smallest absolute Gasteiger partial charge is 0.832 e. The standard InChI is InChI=1S/C8H16O2.Ag.BH2O3/c1-3-5-6-7(4-2)8(9)10;;2-1(3)4/h7H,3-6H2,1-2H3,(H,9,10);;2-3H/q;+1;-1. The molecular formula is C8H18AgBO5. The average Bonchev–Trinajstić information content (AvgIpc) is 2.04. The zero-order valence-corrected chi connectivity index (χ0v) is 10.4. The normalized spacial score (nSPS) is 10.5. The van der Waals surface area contributed by atoms with Gasteiger partial charge >= 0.3 is 35.7 Å². The minimum Gasteiger partial charge on any atom is -0.832 e. The molecule has 1 atom stereocenters. The molecule has 0 bridgehead atoms. The van der Waals surface area contributed by atoms with E-state index in [1.165, 1.54) is 0 Å². The molecule has 0 rings (SSSR count). The molecule has 0 aliphatic rings. The summed E-state index contributed by atoms with van der Waals surface area (Å²) in [5.41, 5.74) is 0. The van der Waals surface area contributed by atoms with Crippen LogP contribution in [0.5, 0.6) is 0 Å². The second-order valence-electron chi connectivity index (χ2n) is 2.91. The van der Waals surface area contributed by atoms with E-state index in [1.54, 1.807) is 0 Å². The van der Waals surface area contributed by atoms with Gasteiger partial charge in [-0.3, -0.25) is 4.79 Å². The van der Waals surface area contributed by atoms with Crippen LogP contribution in [0.25, 0.3) is 0 Å². The van der Waals surface area contributed by atoms with Crippen molar-refractivity contribution in [2.75, 3.05) is 0 Å². The minimum absolute atomic E-state index is 0. The first kappa shape index (κ1) is 20.6. The first-order valence-electron chi connectivity index (χ1n) is 4.70. The van der Waals surface area contributed by atoms with Gasteiger partial charge in [-0.1, -0.05) is 26.7 Å². The second kappa shape index (κ2) is 14.2. The van der Waals surface area contributed by atoms with Crippen molar-refractivity contribution in [2.45, 2.75) is 39.5 Å². The number of aliphatic carboxylic acids is 1. The number of carbonyl (C=O) groups is 1. The monoisotopic (exact) mass is 312 g/mol. The van der Waals surface area contributed by atoms with Crippen LogP contribution in [0.1, 0.15) is 39.5 Å². The van der Waals surface area contributed by atoms with E-state index < -0.39 is 13.3 Å². The van der Waals surface area contributed by atoms with Crippen LogP contribution >= 0.6 is 0 Å². The number of unbranched alkanes of at least 4 members (excludes halogenated alkanes) is 1. The van der Waals surface area contributed by atoms with Crippen molar-refractivity contribution in [2.24, 2.45) is 5.92 Å². The summed E-state index contributed by atoms with van der Waals surface area (Å²) in [7, 11) is -2.42. The van der Waals surface area contributed by atoms with Crippen molar-refractivity contribution >= 4 is 13.3 Å². The van der Waals surface area contributed by atoms with Gasteiger partial charge in [0.1, 0.15) is 0 Å². The van der Waals surface area contributed by atoms with E-state index in [0.717, 1.165) is 25.7 Å². The molecule has 0 aromatic heterocycles. The Labute approximate surface area is 106 Å². The van der Waals surface area contributed by atoms with Crippen LogP contribution < -0.4 is 5.02 Å². The summed E-state index contributed by atoms with van der Waals surface area (Å²) in [6.07, 6.45) is 3.71. The predicted molar refractivity (Wildman–Crippen MR) is 51.1 cm³/mol. The summed E-state index contributed by atoms with van der Waals surface area (Å²) in [6.45, 7) is 4.00. The topological polar surface area (TPSA) is 101 Å². The Morgan fingerprint density at radius 1 is 1.40 bits per heavy atom. The van der Waals surface area contributed by atoms with Gasteiger partial charge in [0.05, 0.1) is 5.92 Å². The molecule has 1 unspecified atom stereocenters. The van der Waals surface area contributed by atoms with Crippen molar-refractivity contribution in [3.05, 3.63) is 0 Å². The van der Waals surface area contributed by atoms with Crippen molar-refractivity contribution in [1.82, 2.24) is 0 Å². The molecule has 3 N–H and O–H groups in total. The van der Waals surface area contributed by atoms with E-state index >= 15 is 0 Å². The van der Waals surface area contributed by atoms with Crippen LogP contribution in [0.4, 0.5) is 0 Å². The summed E-state index contributed by atoms with van der Waals surface area (Å²) in [4.78, 5) is 10.4. The van der Waals surface area contributed by atoms with Crippen molar-refractivity contribution < 1.29 is 47.4 Å². The van der Waals surface area contributed by atoms with E-state index in [9.17, 15) is 4.79 Å². The van der Waals surface area contributed by atoms with Crippen LogP contribution in [0.15, 0.2) is 0 Å². The fraction of sp³-hybridized carbons (Fsp3) is 0.875. The third kappa shape index (κ3) is 20.3. The number of carboxylic acids is 1. The maximum atomic E-state index is 10.4. The van der Waals surface area contributed by atoms with Gasteiger partial charge in [-0.25, -0.2) is 0 Å². The third-order valence-electron chi connectivity index (χ3n) is 1.75. The summed E-state index contributed by atoms with van der Waals surface area (Å²) >= 11 is 0. The predicted octanol–water partition coefficient (Wildman–Crippen LogP) is -0.399. The molecule has 94 valence electrons. The fourth-order valence-electron chi connectivity index (χ4n) is 0.953. The minimum atomic E-state index is -2.42. The van der Waals surface area contributed by atoms with Crippen molar-refractivity contribution in [3.63, 3.8) is 0 Å². The third-order valence-corrected chi connectivity index (χ3v) is 1.75. The molecule has 0 aliphatic heterocycles. The number of hydrogen-bond donors (Lipinski definition) is 3. The average molecular weight is 313 g/mol. The molecule has 0 heterocycles. The van der Waals surface area contributed by atoms with Crippen LogP contribution in [0, 0.1) is 5.92 Å². The Bertz CT molecular complexity index is 142. The quantitative estimate of drug-likeness (QED) is 0.600. The molecule has 0 radical (unpaired) electrons. The Balaban J connectivity index is -0.000000249. The van der Waals surface area contributed by atoms with Gasteiger partial charge in [0, 0.05) is 0 Å². The Morgan fingerprint density at radius 2 is 1.80 bits per heavy atom. The van der Waals surface area contributed by atoms with Gasteiger partial charge < -0.3 is 20.2 Å². The van der Waals surface area contributed by atoms with Gasteiger partial charge in [0.2, 0.25) is 0 Å². The van der Waals surface area contributed by atoms with Crippen LogP contribution in [-0.2, 0) is 27.2 Å². The summed E-state index contributed by atoms with van der Waals surface area (Å²) in [5.74, 6) is -0.754. The van der Waals surface area contributed by atoms with E-state index in [2.05, 4.69) is 6.92 Å². The molecule has 0 saturated carbocycles. The second-order valence-corrected chi connectivity index (χ2v) is 2.91.